The standard InChI is InChI=1S/C20H22O5/c1-13(21)23-17-10-11-18(24-14(2)22)19(12-17)25-16-8-6-15(7-9-16)20(3,4)5/h6-12H,1-5H3. The van der Waals surface area contributed by atoms with Crippen LogP contribution < -0.4 is 14.2 Å². The minimum absolute atomic E-state index is 0.0384. The van der Waals surface area contributed by atoms with Crippen LogP contribution in [-0.4, -0.2) is 11.9 Å². The second-order valence-corrected chi connectivity index (χ2v) is 6.67. The summed E-state index contributed by atoms with van der Waals surface area (Å²) in [6, 6.07) is 12.2. The van der Waals surface area contributed by atoms with Crippen molar-refractivity contribution >= 4 is 11.9 Å². The van der Waals surface area contributed by atoms with Crippen molar-refractivity contribution in [3.63, 3.8) is 0 Å². The minimum Gasteiger partial charge on any atom is -0.453 e. The Kier molecular flexibility index (Phi) is 5.47. The number of carbonyl (C=O) groups excluding carboxylic acids is 2. The van der Waals surface area contributed by atoms with Gasteiger partial charge in [-0.1, -0.05) is 32.9 Å². The number of ether oxygens (including phenoxy) is 3. The average Bonchev–Trinajstić information content (AvgIpc) is 2.48. The minimum atomic E-state index is -0.465. The molecule has 0 aliphatic carbocycles. The van der Waals surface area contributed by atoms with E-state index in [4.69, 9.17) is 14.2 Å². The smallest absolute Gasteiger partial charge is 0.308 e. The molecular formula is C20H22O5. The zero-order valence-corrected chi connectivity index (χ0v) is 15.1. The van der Waals surface area contributed by atoms with Crippen LogP contribution in [0.5, 0.6) is 23.0 Å². The van der Waals surface area contributed by atoms with E-state index in [0.29, 0.717) is 11.5 Å². The van der Waals surface area contributed by atoms with Crippen LogP contribution in [0.4, 0.5) is 0 Å². The molecule has 0 aliphatic heterocycles. The lowest BCUT2D eigenvalue weighted by Crippen LogP contribution is -2.10. The van der Waals surface area contributed by atoms with E-state index in [1.807, 2.05) is 24.3 Å². The van der Waals surface area contributed by atoms with Crippen molar-refractivity contribution in [2.75, 3.05) is 0 Å². The summed E-state index contributed by atoms with van der Waals surface area (Å²) in [5.74, 6) is 0.528. The Balaban J connectivity index is 2.31. The first kappa shape index (κ1) is 18.5. The highest BCUT2D eigenvalue weighted by molar-refractivity contribution is 5.72. The highest BCUT2D eigenvalue weighted by Crippen LogP contribution is 2.36. The molecule has 0 heterocycles. The first-order chi connectivity index (χ1) is 11.6. The van der Waals surface area contributed by atoms with Crippen LogP contribution in [0.15, 0.2) is 42.5 Å². The molecule has 0 saturated heterocycles. The van der Waals surface area contributed by atoms with Gasteiger partial charge in [0.15, 0.2) is 11.5 Å². The van der Waals surface area contributed by atoms with E-state index in [1.165, 1.54) is 37.6 Å². The maximum absolute atomic E-state index is 11.3. The molecule has 0 aromatic heterocycles. The van der Waals surface area contributed by atoms with Crippen LogP contribution in [0.2, 0.25) is 0 Å². The molecule has 5 heteroatoms. The van der Waals surface area contributed by atoms with Crippen molar-refractivity contribution in [3.05, 3.63) is 48.0 Å². The van der Waals surface area contributed by atoms with Gasteiger partial charge in [-0.05, 0) is 35.2 Å². The lowest BCUT2D eigenvalue weighted by molar-refractivity contribution is -0.133. The first-order valence-corrected chi connectivity index (χ1v) is 7.94. The van der Waals surface area contributed by atoms with Gasteiger partial charge in [0.1, 0.15) is 11.5 Å². The molecule has 2 aromatic rings. The summed E-state index contributed by atoms with van der Waals surface area (Å²) < 4.78 is 16.0. The molecule has 0 radical (unpaired) electrons. The van der Waals surface area contributed by atoms with Crippen molar-refractivity contribution in [2.24, 2.45) is 0 Å². The molecule has 2 rings (SSSR count). The first-order valence-electron chi connectivity index (χ1n) is 7.94. The molecule has 0 spiro atoms. The molecule has 0 amide bonds. The second kappa shape index (κ2) is 7.38. The third kappa shape index (κ3) is 5.35. The van der Waals surface area contributed by atoms with Gasteiger partial charge in [-0.3, -0.25) is 9.59 Å². The van der Waals surface area contributed by atoms with Gasteiger partial charge in [-0.15, -0.1) is 0 Å². The van der Waals surface area contributed by atoms with E-state index in [-0.39, 0.29) is 16.9 Å². The van der Waals surface area contributed by atoms with E-state index in [9.17, 15) is 9.59 Å². The Bertz CT molecular complexity index is 770. The molecule has 0 saturated carbocycles. The average molecular weight is 342 g/mol. The third-order valence-corrected chi connectivity index (χ3v) is 3.38. The molecule has 132 valence electrons. The predicted octanol–water partition coefficient (Wildman–Crippen LogP) is 4.63. The van der Waals surface area contributed by atoms with Gasteiger partial charge in [0.05, 0.1) is 0 Å². The number of carbonyl (C=O) groups is 2. The van der Waals surface area contributed by atoms with Crippen molar-refractivity contribution in [2.45, 2.75) is 40.0 Å². The largest absolute Gasteiger partial charge is 0.453 e. The van der Waals surface area contributed by atoms with Crippen molar-refractivity contribution in [1.82, 2.24) is 0 Å². The molecule has 2 aromatic carbocycles. The lowest BCUT2D eigenvalue weighted by Gasteiger charge is -2.19. The summed E-state index contributed by atoms with van der Waals surface area (Å²) in [5, 5.41) is 0. The molecule has 0 bridgehead atoms. The SMILES string of the molecule is CC(=O)Oc1ccc(OC(C)=O)c(Oc2ccc(C(C)(C)C)cc2)c1. The quantitative estimate of drug-likeness (QED) is 0.599. The maximum atomic E-state index is 11.3. The van der Waals surface area contributed by atoms with Gasteiger partial charge >= 0.3 is 11.9 Å². The van der Waals surface area contributed by atoms with E-state index < -0.39 is 11.9 Å². The van der Waals surface area contributed by atoms with E-state index in [1.54, 1.807) is 0 Å². The van der Waals surface area contributed by atoms with Crippen LogP contribution >= 0.6 is 0 Å². The van der Waals surface area contributed by atoms with Crippen LogP contribution in [0.3, 0.4) is 0 Å². The number of esters is 2. The Morgan fingerprint density at radius 3 is 1.84 bits per heavy atom. The third-order valence-electron chi connectivity index (χ3n) is 3.38. The zero-order valence-electron chi connectivity index (χ0n) is 15.1. The molecule has 5 nitrogen and oxygen atoms in total. The summed E-state index contributed by atoms with van der Waals surface area (Å²) >= 11 is 0. The van der Waals surface area contributed by atoms with Gasteiger partial charge in [0.2, 0.25) is 0 Å². The van der Waals surface area contributed by atoms with Gasteiger partial charge < -0.3 is 14.2 Å². The Labute approximate surface area is 147 Å². The summed E-state index contributed by atoms with van der Waals surface area (Å²) in [4.78, 5) is 22.4. The van der Waals surface area contributed by atoms with Crippen molar-refractivity contribution in [3.8, 4) is 23.0 Å². The number of rotatable bonds is 4. The summed E-state index contributed by atoms with van der Waals surface area (Å²) in [6.07, 6.45) is 0. The highest BCUT2D eigenvalue weighted by Gasteiger charge is 2.15. The fourth-order valence-electron chi connectivity index (χ4n) is 2.19. The van der Waals surface area contributed by atoms with E-state index in [2.05, 4.69) is 20.8 Å². The second-order valence-electron chi connectivity index (χ2n) is 6.67. The summed E-state index contributed by atoms with van der Waals surface area (Å²) in [6.45, 7) is 9.01. The molecule has 25 heavy (non-hydrogen) atoms. The molecule has 0 N–H and O–H groups in total. The number of hydrogen-bond acceptors (Lipinski definition) is 5. The molecule has 0 unspecified atom stereocenters. The normalized spacial score (nSPS) is 10.9. The highest BCUT2D eigenvalue weighted by atomic mass is 16.6. The van der Waals surface area contributed by atoms with Crippen LogP contribution in [0.1, 0.15) is 40.2 Å². The number of benzene rings is 2. The Morgan fingerprint density at radius 1 is 0.760 bits per heavy atom. The molecule has 0 aliphatic rings. The van der Waals surface area contributed by atoms with Gasteiger partial charge in [0.25, 0.3) is 0 Å². The monoisotopic (exact) mass is 342 g/mol. The summed E-state index contributed by atoms with van der Waals surface area (Å²) in [5.41, 5.74) is 1.21. The van der Waals surface area contributed by atoms with Gasteiger partial charge in [0, 0.05) is 19.9 Å². The summed E-state index contributed by atoms with van der Waals surface area (Å²) in [7, 11) is 0. The number of hydrogen-bond donors (Lipinski definition) is 0. The maximum Gasteiger partial charge on any atom is 0.308 e. The topological polar surface area (TPSA) is 61.8 Å². The zero-order chi connectivity index (χ0) is 18.6. The van der Waals surface area contributed by atoms with E-state index >= 15 is 0 Å². The molecular weight excluding hydrogens is 320 g/mol. The van der Waals surface area contributed by atoms with Crippen LogP contribution in [0, 0.1) is 0 Å². The lowest BCUT2D eigenvalue weighted by atomic mass is 9.87. The van der Waals surface area contributed by atoms with Gasteiger partial charge in [-0.2, -0.15) is 0 Å². The van der Waals surface area contributed by atoms with Crippen molar-refractivity contribution in [1.29, 1.82) is 0 Å². The Hall–Kier alpha value is -2.82. The van der Waals surface area contributed by atoms with E-state index in [0.717, 1.165) is 0 Å². The van der Waals surface area contributed by atoms with Gasteiger partial charge in [-0.25, -0.2) is 0 Å². The Morgan fingerprint density at radius 2 is 1.32 bits per heavy atom. The molecule has 0 fully saturated rings. The molecule has 0 atom stereocenters. The van der Waals surface area contributed by atoms with Crippen LogP contribution in [-0.2, 0) is 15.0 Å². The predicted molar refractivity (Wildman–Crippen MR) is 94.3 cm³/mol. The van der Waals surface area contributed by atoms with Crippen LogP contribution in [0.25, 0.3) is 0 Å². The fourth-order valence-corrected chi connectivity index (χ4v) is 2.19. The van der Waals surface area contributed by atoms with Crippen molar-refractivity contribution < 1.29 is 23.8 Å². The fraction of sp³-hybridized carbons (Fsp3) is 0.300.